The van der Waals surface area contributed by atoms with Crippen molar-refractivity contribution in [2.24, 2.45) is 5.73 Å². The van der Waals surface area contributed by atoms with E-state index in [1.54, 1.807) is 0 Å². The largest absolute Gasteiger partial charge is 0.492 e. The highest BCUT2D eigenvalue weighted by molar-refractivity contribution is 5.68. The van der Waals surface area contributed by atoms with Gasteiger partial charge in [0.25, 0.3) is 0 Å². The molecule has 5 N–H and O–H groups in total. The zero-order valence-corrected chi connectivity index (χ0v) is 5.48. The highest BCUT2D eigenvalue weighted by Gasteiger charge is 2.06. The van der Waals surface area contributed by atoms with Gasteiger partial charge in [-0.3, -0.25) is 0 Å². The molecule has 60 valence electrons. The number of nitrogens with one attached hydrogen (secondary N) is 1. The lowest BCUT2D eigenvalue weighted by Crippen LogP contribution is -2.25. The van der Waals surface area contributed by atoms with E-state index in [1.807, 2.05) is 0 Å². The van der Waals surface area contributed by atoms with Gasteiger partial charge in [0, 0.05) is 12.1 Å². The second-order valence-electron chi connectivity index (χ2n) is 1.80. The van der Waals surface area contributed by atoms with Crippen LogP contribution in [-0.2, 0) is 0 Å². The van der Waals surface area contributed by atoms with Gasteiger partial charge in [0.15, 0.2) is 0 Å². The minimum absolute atomic E-state index is 0.322. The monoisotopic (exact) mass is 157 g/mol. The third kappa shape index (κ3) is 1.34. The van der Waals surface area contributed by atoms with Crippen molar-refractivity contribution in [3.05, 3.63) is 12.1 Å². The Labute approximate surface area is 61.9 Å². The first-order chi connectivity index (χ1) is 5.11. The van der Waals surface area contributed by atoms with Crippen LogP contribution in [0.25, 0.3) is 0 Å². The van der Waals surface area contributed by atoms with Crippen molar-refractivity contribution in [1.82, 2.24) is 4.73 Å². The van der Waals surface area contributed by atoms with Gasteiger partial charge < -0.3 is 20.8 Å². The van der Waals surface area contributed by atoms with Crippen molar-refractivity contribution in [3.8, 4) is 11.8 Å². The number of hydrogen-bond donors (Lipinski definition) is 4. The van der Waals surface area contributed by atoms with Gasteiger partial charge in [0.2, 0.25) is 11.8 Å². The number of nitrogens with two attached hydrogens (primary N) is 1. The van der Waals surface area contributed by atoms with E-state index < -0.39 is 6.02 Å². The normalized spacial score (nSPS) is 9.45. The van der Waals surface area contributed by atoms with E-state index in [1.165, 1.54) is 12.1 Å². The van der Waals surface area contributed by atoms with E-state index in [9.17, 15) is 0 Å². The van der Waals surface area contributed by atoms with Crippen LogP contribution < -0.4 is 10.6 Å². The quantitative estimate of drug-likeness (QED) is 0.317. The van der Waals surface area contributed by atoms with E-state index in [2.05, 4.69) is 4.84 Å². The van der Waals surface area contributed by atoms with Crippen LogP contribution in [0.3, 0.4) is 0 Å². The number of aromatic nitrogens is 1. The molecule has 0 radical (unpaired) electrons. The average Bonchev–Trinajstić information content (AvgIpc) is 2.18. The first-order valence-corrected chi connectivity index (χ1v) is 2.73. The van der Waals surface area contributed by atoms with E-state index in [4.69, 9.17) is 21.4 Å². The summed E-state index contributed by atoms with van der Waals surface area (Å²) in [5.41, 5.74) is 4.84. The van der Waals surface area contributed by atoms with E-state index in [0.29, 0.717) is 4.73 Å². The van der Waals surface area contributed by atoms with E-state index in [-0.39, 0.29) is 11.8 Å². The molecule has 0 spiro atoms. The molecule has 1 heterocycles. The Morgan fingerprint density at radius 2 is 1.91 bits per heavy atom. The topological polar surface area (TPSA) is 104 Å². The van der Waals surface area contributed by atoms with Crippen molar-refractivity contribution in [3.63, 3.8) is 0 Å². The Hall–Kier alpha value is -1.85. The highest BCUT2D eigenvalue weighted by Crippen LogP contribution is 2.18. The predicted molar refractivity (Wildman–Crippen MR) is 36.3 cm³/mol. The molecule has 0 amide bonds. The summed E-state index contributed by atoms with van der Waals surface area (Å²) in [6.07, 6.45) is 0. The van der Waals surface area contributed by atoms with Gasteiger partial charge in [-0.1, -0.05) is 0 Å². The summed E-state index contributed by atoms with van der Waals surface area (Å²) in [4.78, 5) is 4.39. The molecule has 0 saturated heterocycles. The van der Waals surface area contributed by atoms with Gasteiger partial charge in [0.1, 0.15) is 0 Å². The SMILES string of the molecule is N=C(N)On1c(O)ccc1O. The maximum absolute atomic E-state index is 8.91. The van der Waals surface area contributed by atoms with Gasteiger partial charge in [-0.05, 0) is 0 Å². The molecule has 0 aliphatic heterocycles. The summed E-state index contributed by atoms with van der Waals surface area (Å²) < 4.78 is 0.627. The number of hydrogen-bond acceptors (Lipinski definition) is 4. The summed E-state index contributed by atoms with van der Waals surface area (Å²) in [5, 5.41) is 24.5. The van der Waals surface area contributed by atoms with Crippen molar-refractivity contribution in [2.75, 3.05) is 0 Å². The van der Waals surface area contributed by atoms with E-state index in [0.717, 1.165) is 0 Å². The van der Waals surface area contributed by atoms with Crippen molar-refractivity contribution in [1.29, 1.82) is 5.41 Å². The fourth-order valence-corrected chi connectivity index (χ4v) is 0.594. The zero-order chi connectivity index (χ0) is 8.43. The molecule has 6 heteroatoms. The van der Waals surface area contributed by atoms with Crippen LogP contribution in [0.5, 0.6) is 11.8 Å². The number of aromatic hydroxyl groups is 2. The van der Waals surface area contributed by atoms with Gasteiger partial charge >= 0.3 is 6.02 Å². The number of nitrogens with zero attached hydrogens (tertiary/aromatic N) is 1. The summed E-state index contributed by atoms with van der Waals surface area (Å²) in [6.45, 7) is 0. The van der Waals surface area contributed by atoms with Crippen molar-refractivity contribution >= 4 is 6.02 Å². The third-order valence-electron chi connectivity index (χ3n) is 0.987. The fraction of sp³-hybridized carbons (Fsp3) is 0. The van der Waals surface area contributed by atoms with Gasteiger partial charge in [-0.2, -0.15) is 0 Å². The lowest BCUT2D eigenvalue weighted by atomic mass is 10.6. The fourth-order valence-electron chi connectivity index (χ4n) is 0.594. The molecule has 1 rings (SSSR count). The summed E-state index contributed by atoms with van der Waals surface area (Å²) in [6, 6.07) is 1.79. The molecule has 0 unspecified atom stereocenters. The van der Waals surface area contributed by atoms with Gasteiger partial charge in [-0.25, -0.2) is 5.41 Å². The molecule has 0 aromatic carbocycles. The molecule has 0 atom stereocenters. The third-order valence-corrected chi connectivity index (χ3v) is 0.987. The molecule has 0 aliphatic rings. The van der Waals surface area contributed by atoms with Crippen LogP contribution in [0.4, 0.5) is 0 Å². The summed E-state index contributed by atoms with van der Waals surface area (Å²) in [7, 11) is 0. The summed E-state index contributed by atoms with van der Waals surface area (Å²) in [5.74, 6) is -0.643. The minimum atomic E-state index is -0.619. The Balaban J connectivity index is 2.92. The van der Waals surface area contributed by atoms with E-state index >= 15 is 0 Å². The molecule has 0 saturated carbocycles. The molecular weight excluding hydrogens is 150 g/mol. The molecule has 6 nitrogen and oxygen atoms in total. The predicted octanol–water partition coefficient (Wildman–Crippen LogP) is -0.779. The van der Waals surface area contributed by atoms with Gasteiger partial charge in [0.05, 0.1) is 0 Å². The lowest BCUT2D eigenvalue weighted by molar-refractivity contribution is 0.184. The molecule has 0 bridgehead atoms. The van der Waals surface area contributed by atoms with Crippen molar-refractivity contribution in [2.45, 2.75) is 0 Å². The molecule has 0 aliphatic carbocycles. The first kappa shape index (κ1) is 7.26. The van der Waals surface area contributed by atoms with Crippen molar-refractivity contribution < 1.29 is 15.1 Å². The molecule has 1 aromatic heterocycles. The second-order valence-corrected chi connectivity index (χ2v) is 1.80. The minimum Gasteiger partial charge on any atom is -0.492 e. The first-order valence-electron chi connectivity index (χ1n) is 2.73. The smallest absolute Gasteiger partial charge is 0.307 e. The Kier molecular flexibility index (Phi) is 1.59. The number of amidine groups is 1. The highest BCUT2D eigenvalue weighted by atomic mass is 16.7. The number of rotatable bonds is 1. The Bertz CT molecular complexity index is 261. The second kappa shape index (κ2) is 2.41. The van der Waals surface area contributed by atoms with Crippen LogP contribution >= 0.6 is 0 Å². The van der Waals surface area contributed by atoms with Crippen LogP contribution in [0.15, 0.2) is 12.1 Å². The van der Waals surface area contributed by atoms with Crippen LogP contribution in [0.1, 0.15) is 0 Å². The van der Waals surface area contributed by atoms with Crippen LogP contribution in [-0.4, -0.2) is 21.0 Å². The standard InChI is InChI=1S/C5H7N3O3/c6-5(7)11-8-3(9)1-2-4(8)10/h1-2,9-10H,(H3,6,7). The Morgan fingerprint density at radius 1 is 1.45 bits per heavy atom. The Morgan fingerprint density at radius 3 is 2.27 bits per heavy atom. The zero-order valence-electron chi connectivity index (χ0n) is 5.48. The van der Waals surface area contributed by atoms with Gasteiger partial charge in [-0.15, -0.1) is 4.73 Å². The van der Waals surface area contributed by atoms with Crippen LogP contribution in [0.2, 0.25) is 0 Å². The molecule has 11 heavy (non-hydrogen) atoms. The molecule has 0 fully saturated rings. The maximum atomic E-state index is 8.91. The molecule has 1 aromatic rings. The lowest BCUT2D eigenvalue weighted by Gasteiger charge is -2.04. The maximum Gasteiger partial charge on any atom is 0.307 e. The molecular formula is C5H7N3O3. The van der Waals surface area contributed by atoms with Crippen LogP contribution in [0, 0.1) is 5.41 Å². The summed E-state index contributed by atoms with van der Waals surface area (Å²) >= 11 is 0. The average molecular weight is 157 g/mol.